The van der Waals surface area contributed by atoms with Gasteiger partial charge in [-0.15, -0.1) is 0 Å². The first-order valence-corrected chi connectivity index (χ1v) is 5.02. The molecule has 1 aromatic rings. The van der Waals surface area contributed by atoms with Crippen LogP contribution in [0.4, 0.5) is 8.63 Å². The predicted octanol–water partition coefficient (Wildman–Crippen LogP) is 2.53. The van der Waals surface area contributed by atoms with Crippen molar-refractivity contribution in [2.75, 3.05) is 6.61 Å². The van der Waals surface area contributed by atoms with Gasteiger partial charge in [0.05, 0.1) is 12.7 Å². The molecule has 0 fully saturated rings. The fraction of sp³-hybridized carbons (Fsp3) is 0.182. The van der Waals surface area contributed by atoms with Crippen molar-refractivity contribution in [2.45, 2.75) is 6.92 Å². The Labute approximate surface area is 98.2 Å². The van der Waals surface area contributed by atoms with E-state index in [1.54, 1.807) is 37.3 Å². The van der Waals surface area contributed by atoms with Gasteiger partial charge in [-0.25, -0.2) is 13.4 Å². The SMILES string of the molecule is CCOC(=O)C=C(OB(F)F)c1ccccc1. The van der Waals surface area contributed by atoms with Crippen LogP contribution >= 0.6 is 0 Å². The quantitative estimate of drug-likeness (QED) is 0.343. The second-order valence-corrected chi connectivity index (χ2v) is 3.01. The molecule has 0 atom stereocenters. The minimum Gasteiger partial charge on any atom is -0.504 e. The fourth-order valence-corrected chi connectivity index (χ4v) is 1.17. The Kier molecular flexibility index (Phi) is 5.19. The third-order valence-electron chi connectivity index (χ3n) is 1.81. The Balaban J connectivity index is 2.92. The molecular formula is C11H11BF2O3. The number of halogens is 2. The zero-order valence-electron chi connectivity index (χ0n) is 9.23. The molecule has 0 aliphatic heterocycles. The lowest BCUT2D eigenvalue weighted by Crippen LogP contribution is -2.07. The van der Waals surface area contributed by atoms with E-state index in [-0.39, 0.29) is 12.4 Å². The molecule has 0 N–H and O–H groups in total. The molecular weight excluding hydrogens is 229 g/mol. The first kappa shape index (κ1) is 13.2. The van der Waals surface area contributed by atoms with Gasteiger partial charge >= 0.3 is 13.4 Å². The number of carbonyl (C=O) groups is 1. The van der Waals surface area contributed by atoms with E-state index in [9.17, 15) is 13.4 Å². The van der Waals surface area contributed by atoms with Gasteiger partial charge in [-0.3, -0.25) is 0 Å². The maximum atomic E-state index is 12.2. The highest BCUT2D eigenvalue weighted by Gasteiger charge is 2.21. The standard InChI is InChI=1S/C11H11BF2O3/c1-2-16-11(15)8-10(17-12(13)14)9-6-4-3-5-7-9/h3-8H,2H2,1H3. The molecule has 0 aromatic heterocycles. The first-order chi connectivity index (χ1) is 8.13. The number of esters is 1. The van der Waals surface area contributed by atoms with Crippen LogP contribution in [-0.4, -0.2) is 20.0 Å². The van der Waals surface area contributed by atoms with Gasteiger partial charge in [0.15, 0.2) is 0 Å². The minimum absolute atomic E-state index is 0.173. The first-order valence-electron chi connectivity index (χ1n) is 5.02. The molecule has 0 unspecified atom stereocenters. The van der Waals surface area contributed by atoms with Crippen molar-refractivity contribution in [3.05, 3.63) is 42.0 Å². The molecule has 90 valence electrons. The van der Waals surface area contributed by atoms with Gasteiger partial charge in [0.25, 0.3) is 0 Å². The van der Waals surface area contributed by atoms with Crippen LogP contribution in [0.15, 0.2) is 36.4 Å². The molecule has 0 heterocycles. The highest BCUT2D eigenvalue weighted by molar-refractivity contribution is 6.36. The van der Waals surface area contributed by atoms with Crippen LogP contribution in [0.25, 0.3) is 5.76 Å². The molecule has 0 saturated heterocycles. The zero-order valence-corrected chi connectivity index (χ0v) is 9.23. The third kappa shape index (κ3) is 4.67. The monoisotopic (exact) mass is 240 g/mol. The molecule has 0 spiro atoms. The van der Waals surface area contributed by atoms with Gasteiger partial charge in [0.2, 0.25) is 0 Å². The summed E-state index contributed by atoms with van der Waals surface area (Å²) in [5, 5.41) is 0. The van der Waals surface area contributed by atoms with Crippen molar-refractivity contribution in [1.29, 1.82) is 0 Å². The summed E-state index contributed by atoms with van der Waals surface area (Å²) in [7, 11) is -2.99. The normalized spacial score (nSPS) is 10.9. The minimum atomic E-state index is -2.99. The van der Waals surface area contributed by atoms with Gasteiger partial charge in [-0.1, -0.05) is 30.3 Å². The molecule has 0 bridgehead atoms. The molecule has 0 saturated carbocycles. The van der Waals surface area contributed by atoms with Crippen molar-refractivity contribution >= 4 is 19.2 Å². The van der Waals surface area contributed by atoms with Crippen molar-refractivity contribution in [2.24, 2.45) is 0 Å². The van der Waals surface area contributed by atoms with Gasteiger partial charge in [-0.2, -0.15) is 0 Å². The smallest absolute Gasteiger partial charge is 0.504 e. The third-order valence-corrected chi connectivity index (χ3v) is 1.81. The maximum Gasteiger partial charge on any atom is 0.796 e. The van der Waals surface area contributed by atoms with Crippen LogP contribution in [0.3, 0.4) is 0 Å². The summed E-state index contributed by atoms with van der Waals surface area (Å²) in [6.45, 7) is 1.80. The highest BCUT2D eigenvalue weighted by Crippen LogP contribution is 2.17. The summed E-state index contributed by atoms with van der Waals surface area (Å²) < 4.78 is 33.3. The van der Waals surface area contributed by atoms with Gasteiger partial charge in [-0.05, 0) is 6.92 Å². The van der Waals surface area contributed by atoms with E-state index in [0.717, 1.165) is 6.08 Å². The Morgan fingerprint density at radius 1 is 1.35 bits per heavy atom. The molecule has 1 rings (SSSR count). The van der Waals surface area contributed by atoms with Gasteiger partial charge in [0, 0.05) is 5.56 Å². The van der Waals surface area contributed by atoms with Crippen LogP contribution in [0, 0.1) is 0 Å². The maximum absolute atomic E-state index is 12.2. The topological polar surface area (TPSA) is 35.5 Å². The zero-order chi connectivity index (χ0) is 12.7. The second-order valence-electron chi connectivity index (χ2n) is 3.01. The van der Waals surface area contributed by atoms with Crippen molar-refractivity contribution < 1.29 is 22.8 Å². The number of rotatable bonds is 5. The predicted molar refractivity (Wildman–Crippen MR) is 60.1 cm³/mol. The van der Waals surface area contributed by atoms with Crippen LogP contribution in [0.2, 0.25) is 0 Å². The van der Waals surface area contributed by atoms with Crippen molar-refractivity contribution in [1.82, 2.24) is 0 Å². The van der Waals surface area contributed by atoms with Crippen LogP contribution in [0.1, 0.15) is 12.5 Å². The van der Waals surface area contributed by atoms with Crippen LogP contribution < -0.4 is 0 Å². The molecule has 3 nitrogen and oxygen atoms in total. The number of ether oxygens (including phenoxy) is 1. The Hall–Kier alpha value is -1.85. The number of hydrogen-bond acceptors (Lipinski definition) is 3. The summed E-state index contributed by atoms with van der Waals surface area (Å²) in [6.07, 6.45) is 0.908. The van der Waals surface area contributed by atoms with Gasteiger partial charge in [0.1, 0.15) is 5.76 Å². The summed E-state index contributed by atoms with van der Waals surface area (Å²) in [6, 6.07) is 8.17. The lowest BCUT2D eigenvalue weighted by molar-refractivity contribution is -0.137. The summed E-state index contributed by atoms with van der Waals surface area (Å²) in [5.41, 5.74) is 0.390. The molecule has 0 amide bonds. The summed E-state index contributed by atoms with van der Waals surface area (Å²) >= 11 is 0. The van der Waals surface area contributed by atoms with E-state index < -0.39 is 13.4 Å². The summed E-state index contributed by atoms with van der Waals surface area (Å²) in [5.74, 6) is -0.925. The van der Waals surface area contributed by atoms with Crippen molar-refractivity contribution in [3.63, 3.8) is 0 Å². The van der Waals surface area contributed by atoms with E-state index in [4.69, 9.17) is 0 Å². The highest BCUT2D eigenvalue weighted by atomic mass is 19.2. The Morgan fingerprint density at radius 3 is 2.53 bits per heavy atom. The molecule has 17 heavy (non-hydrogen) atoms. The average Bonchev–Trinajstić information content (AvgIpc) is 2.29. The van der Waals surface area contributed by atoms with Crippen LogP contribution in [0.5, 0.6) is 0 Å². The van der Waals surface area contributed by atoms with Crippen molar-refractivity contribution in [3.8, 4) is 0 Å². The van der Waals surface area contributed by atoms with E-state index in [0.29, 0.717) is 5.56 Å². The molecule has 0 aliphatic carbocycles. The van der Waals surface area contributed by atoms with E-state index >= 15 is 0 Å². The Morgan fingerprint density at radius 2 is 2.00 bits per heavy atom. The number of carbonyl (C=O) groups excluding carboxylic acids is 1. The lowest BCUT2D eigenvalue weighted by Gasteiger charge is -2.08. The second kappa shape index (κ2) is 6.68. The molecule has 0 aliphatic rings. The largest absolute Gasteiger partial charge is 0.796 e. The Bertz CT molecular complexity index is 393. The summed E-state index contributed by atoms with van der Waals surface area (Å²) in [4.78, 5) is 11.2. The van der Waals surface area contributed by atoms with Crippen LogP contribution in [-0.2, 0) is 14.2 Å². The van der Waals surface area contributed by atoms with Gasteiger partial charge < -0.3 is 9.39 Å². The average molecular weight is 240 g/mol. The number of benzene rings is 1. The van der Waals surface area contributed by atoms with E-state index in [1.165, 1.54) is 0 Å². The molecule has 0 radical (unpaired) electrons. The molecule has 1 aromatic carbocycles. The van der Waals surface area contributed by atoms with E-state index in [2.05, 4.69) is 9.39 Å². The number of hydrogen-bond donors (Lipinski definition) is 0. The molecule has 6 heteroatoms. The lowest BCUT2D eigenvalue weighted by atomic mass is 10.1. The fourth-order valence-electron chi connectivity index (χ4n) is 1.17. The van der Waals surface area contributed by atoms with E-state index in [1.807, 2.05) is 0 Å².